The number of rotatable bonds is 17. The molecule has 2 rings (SSSR count). The summed E-state index contributed by atoms with van der Waals surface area (Å²) < 4.78 is 26.3. The average Bonchev–Trinajstić information content (AvgIpc) is 3.33. The van der Waals surface area contributed by atoms with Crippen molar-refractivity contribution in [2.45, 2.75) is 103 Å². The number of hydrogen-bond acceptors (Lipinski definition) is 5. The van der Waals surface area contributed by atoms with Crippen LogP contribution >= 0.6 is 0 Å². The lowest BCUT2D eigenvalue weighted by molar-refractivity contribution is -0.145. The maximum Gasteiger partial charge on any atom is 0.326 e. The molecule has 8 nitrogen and oxygen atoms in total. The Balaban J connectivity index is 2.16. The summed E-state index contributed by atoms with van der Waals surface area (Å²) >= 11 is 0. The molecule has 226 valence electrons. The van der Waals surface area contributed by atoms with Crippen molar-refractivity contribution in [1.29, 1.82) is 0 Å². The van der Waals surface area contributed by atoms with Crippen molar-refractivity contribution in [2.75, 3.05) is 20.8 Å². The maximum atomic E-state index is 14.8. The first-order chi connectivity index (χ1) is 19.1. The Bertz CT molecular complexity index is 932. The largest absolute Gasteiger partial charge is 0.480 e. The number of carbonyl (C=O) groups excluding carboxylic acids is 2. The van der Waals surface area contributed by atoms with Crippen molar-refractivity contribution < 1.29 is 33.4 Å². The van der Waals surface area contributed by atoms with Crippen molar-refractivity contribution >= 4 is 17.8 Å². The van der Waals surface area contributed by atoms with Gasteiger partial charge in [0.05, 0.1) is 37.1 Å². The van der Waals surface area contributed by atoms with Gasteiger partial charge in [-0.1, -0.05) is 77.3 Å². The summed E-state index contributed by atoms with van der Waals surface area (Å²) in [5.74, 6) is -2.11. The third kappa shape index (κ3) is 9.26. The number of halogens is 1. The molecule has 1 unspecified atom stereocenters. The number of carbonyl (C=O) groups is 3. The van der Waals surface area contributed by atoms with Crippen LogP contribution in [-0.2, 0) is 30.3 Å². The lowest BCUT2D eigenvalue weighted by Gasteiger charge is -2.36. The van der Waals surface area contributed by atoms with Gasteiger partial charge in [-0.05, 0) is 23.8 Å². The van der Waals surface area contributed by atoms with Crippen molar-refractivity contribution in [1.82, 2.24) is 10.2 Å². The van der Waals surface area contributed by atoms with Gasteiger partial charge in [0.15, 0.2) is 0 Å². The van der Waals surface area contributed by atoms with Crippen LogP contribution in [0.25, 0.3) is 0 Å². The number of nitrogens with one attached hydrogen (secondary N) is 1. The molecule has 2 amide bonds. The van der Waals surface area contributed by atoms with Gasteiger partial charge in [-0.2, -0.15) is 0 Å². The second-order valence-corrected chi connectivity index (χ2v) is 11.2. The zero-order valence-electron chi connectivity index (χ0n) is 25.0. The van der Waals surface area contributed by atoms with E-state index in [-0.39, 0.29) is 43.7 Å². The second kappa shape index (κ2) is 16.7. The number of ether oxygens (including phenoxy) is 2. The van der Waals surface area contributed by atoms with Crippen LogP contribution in [0, 0.1) is 17.8 Å². The quantitative estimate of drug-likeness (QED) is 0.286. The van der Waals surface area contributed by atoms with Crippen LogP contribution in [0.2, 0.25) is 0 Å². The molecule has 1 aromatic rings. The van der Waals surface area contributed by atoms with E-state index < -0.39 is 42.2 Å². The van der Waals surface area contributed by atoms with E-state index in [1.165, 1.54) is 12.0 Å². The number of amides is 2. The molecular formula is C31H49FN2O6. The number of alkyl halides is 1. The minimum atomic E-state index is -1.24. The summed E-state index contributed by atoms with van der Waals surface area (Å²) in [6, 6.07) is 7.26. The number of hydrogen-bond donors (Lipinski definition) is 2. The standard InChI is InChI=1S/C31H49FN2O6/c1-7-9-15-24(20(3)8-2)27(39-5)18-28(35)34-19-23(32)17-26(34)29(40-6)21(4)30(36)33-25(31(37)38)16-22-13-11-10-12-14-22/h10-14,20-21,23-27,29H,7-9,15-19H2,1-6H3,(H,33,36)(H,37,38)/t20-,21+,23-,24-,25-,26-,27?,29+/m0/s1. The van der Waals surface area contributed by atoms with Gasteiger partial charge < -0.3 is 24.8 Å². The molecule has 40 heavy (non-hydrogen) atoms. The van der Waals surface area contributed by atoms with Crippen molar-refractivity contribution in [3.63, 3.8) is 0 Å². The predicted octanol–water partition coefficient (Wildman–Crippen LogP) is 4.65. The van der Waals surface area contributed by atoms with Crippen LogP contribution in [0.4, 0.5) is 4.39 Å². The first-order valence-corrected chi connectivity index (χ1v) is 14.6. The summed E-state index contributed by atoms with van der Waals surface area (Å²) in [6.07, 6.45) is 2.01. The van der Waals surface area contributed by atoms with Crippen LogP contribution in [-0.4, -0.2) is 79.0 Å². The normalized spacial score (nSPS) is 21.7. The van der Waals surface area contributed by atoms with Gasteiger partial charge in [-0.15, -0.1) is 0 Å². The van der Waals surface area contributed by atoms with Gasteiger partial charge in [0.25, 0.3) is 0 Å². The molecule has 0 saturated carbocycles. The van der Waals surface area contributed by atoms with E-state index >= 15 is 0 Å². The molecule has 1 saturated heterocycles. The van der Waals surface area contributed by atoms with Gasteiger partial charge in [0, 0.05) is 27.1 Å². The Morgan fingerprint density at radius 2 is 1.80 bits per heavy atom. The number of methoxy groups -OCH3 is 2. The molecule has 1 heterocycles. The zero-order valence-corrected chi connectivity index (χ0v) is 25.0. The molecule has 0 aliphatic carbocycles. The SMILES string of the molecule is CCCC[C@H](C(CC(=O)N1C[C@@H](F)C[C@H]1[C@H](OC)[C@@H](C)C(=O)N[C@@H](Cc1ccccc1)C(=O)O)OC)[C@@H](C)CC. The molecule has 0 bridgehead atoms. The van der Waals surface area contributed by atoms with E-state index in [9.17, 15) is 23.9 Å². The molecule has 0 spiro atoms. The number of carboxylic acids is 1. The Labute approximate surface area is 239 Å². The van der Waals surface area contributed by atoms with Crippen molar-refractivity contribution in [3.05, 3.63) is 35.9 Å². The van der Waals surface area contributed by atoms with E-state index in [0.717, 1.165) is 31.2 Å². The Morgan fingerprint density at radius 3 is 2.35 bits per heavy atom. The fourth-order valence-electron chi connectivity index (χ4n) is 5.89. The van der Waals surface area contributed by atoms with E-state index in [1.54, 1.807) is 26.2 Å². The first kappa shape index (κ1) is 33.7. The predicted molar refractivity (Wildman–Crippen MR) is 153 cm³/mol. The Kier molecular flexibility index (Phi) is 14.0. The minimum absolute atomic E-state index is 0.0521. The smallest absolute Gasteiger partial charge is 0.326 e. The monoisotopic (exact) mass is 564 g/mol. The van der Waals surface area contributed by atoms with Crippen LogP contribution in [0.15, 0.2) is 30.3 Å². The molecule has 1 aliphatic rings. The molecule has 1 fully saturated rings. The van der Waals surface area contributed by atoms with Crippen LogP contribution in [0.3, 0.4) is 0 Å². The second-order valence-electron chi connectivity index (χ2n) is 11.2. The van der Waals surface area contributed by atoms with Crippen molar-refractivity contribution in [2.24, 2.45) is 17.8 Å². The number of carboxylic acid groups (broad SMARTS) is 1. The summed E-state index contributed by atoms with van der Waals surface area (Å²) in [7, 11) is 3.06. The molecule has 0 radical (unpaired) electrons. The molecule has 1 aromatic carbocycles. The first-order valence-electron chi connectivity index (χ1n) is 14.6. The molecule has 2 N–H and O–H groups in total. The number of unbranched alkanes of at least 4 members (excludes halogenated alkanes) is 1. The number of benzene rings is 1. The summed E-state index contributed by atoms with van der Waals surface area (Å²) in [5.41, 5.74) is 0.779. The molecule has 0 aromatic heterocycles. The molecule has 1 aliphatic heterocycles. The molecule has 9 heteroatoms. The number of nitrogens with zero attached hydrogens (tertiary/aromatic N) is 1. The van der Waals surface area contributed by atoms with Gasteiger partial charge in [0.1, 0.15) is 12.2 Å². The van der Waals surface area contributed by atoms with Crippen LogP contribution < -0.4 is 5.32 Å². The maximum absolute atomic E-state index is 14.8. The fourth-order valence-corrected chi connectivity index (χ4v) is 5.89. The molecular weight excluding hydrogens is 515 g/mol. The van der Waals surface area contributed by atoms with Crippen LogP contribution in [0.5, 0.6) is 0 Å². The Hall–Kier alpha value is -2.52. The number of likely N-dealkylation sites (tertiary alicyclic amines) is 1. The van der Waals surface area contributed by atoms with Gasteiger partial charge in [-0.25, -0.2) is 9.18 Å². The summed E-state index contributed by atoms with van der Waals surface area (Å²) in [6.45, 7) is 8.01. The van der Waals surface area contributed by atoms with Gasteiger partial charge >= 0.3 is 5.97 Å². The van der Waals surface area contributed by atoms with E-state index in [0.29, 0.717) is 5.92 Å². The molecule has 8 atom stereocenters. The third-order valence-electron chi connectivity index (χ3n) is 8.49. The third-order valence-corrected chi connectivity index (χ3v) is 8.49. The zero-order chi connectivity index (χ0) is 29.8. The Morgan fingerprint density at radius 1 is 1.12 bits per heavy atom. The van der Waals surface area contributed by atoms with Crippen molar-refractivity contribution in [3.8, 4) is 0 Å². The van der Waals surface area contributed by atoms with Crippen LogP contribution in [0.1, 0.15) is 71.8 Å². The van der Waals surface area contributed by atoms with E-state index in [1.807, 2.05) is 18.2 Å². The fraction of sp³-hybridized carbons (Fsp3) is 0.710. The highest BCUT2D eigenvalue weighted by Gasteiger charge is 2.44. The van der Waals surface area contributed by atoms with Gasteiger partial charge in [0.2, 0.25) is 11.8 Å². The highest BCUT2D eigenvalue weighted by Crippen LogP contribution is 2.32. The minimum Gasteiger partial charge on any atom is -0.480 e. The topological polar surface area (TPSA) is 105 Å². The summed E-state index contributed by atoms with van der Waals surface area (Å²) in [5, 5.41) is 12.3. The lowest BCUT2D eigenvalue weighted by atomic mass is 9.81. The van der Waals surface area contributed by atoms with Gasteiger partial charge in [-0.3, -0.25) is 9.59 Å². The van der Waals surface area contributed by atoms with E-state index in [2.05, 4.69) is 26.1 Å². The average molecular weight is 565 g/mol. The number of aliphatic carboxylic acids is 1. The summed E-state index contributed by atoms with van der Waals surface area (Å²) in [4.78, 5) is 40.2. The lowest BCUT2D eigenvalue weighted by Crippen LogP contribution is -2.52. The highest BCUT2D eigenvalue weighted by molar-refractivity contribution is 5.85. The highest BCUT2D eigenvalue weighted by atomic mass is 19.1. The van der Waals surface area contributed by atoms with E-state index in [4.69, 9.17) is 9.47 Å².